The second-order valence-corrected chi connectivity index (χ2v) is 5.73. The number of benzene rings is 2. The van der Waals surface area contributed by atoms with Gasteiger partial charge in [-0.25, -0.2) is 4.39 Å². The van der Waals surface area contributed by atoms with Crippen molar-refractivity contribution in [2.75, 3.05) is 10.7 Å². The lowest BCUT2D eigenvalue weighted by Gasteiger charge is -2.25. The van der Waals surface area contributed by atoms with Crippen molar-refractivity contribution in [3.05, 3.63) is 59.4 Å². The lowest BCUT2D eigenvalue weighted by atomic mass is 9.90. The molecular formula is C17H13F4N3O2. The van der Waals surface area contributed by atoms with Crippen LogP contribution >= 0.6 is 0 Å². The normalized spacial score (nSPS) is 16.5. The molecular weight excluding hydrogens is 354 g/mol. The Labute approximate surface area is 145 Å². The average molecular weight is 367 g/mol. The minimum atomic E-state index is -4.51. The van der Waals surface area contributed by atoms with Crippen molar-refractivity contribution in [2.45, 2.75) is 18.5 Å². The van der Waals surface area contributed by atoms with E-state index in [4.69, 9.17) is 0 Å². The SMILES string of the molecule is O=C1CC(C(=O)NNc2cccc(C(F)(F)F)c2)c2ccc(F)cc2N1. The molecule has 0 spiro atoms. The molecule has 0 bridgehead atoms. The van der Waals surface area contributed by atoms with Crippen molar-refractivity contribution >= 4 is 23.2 Å². The molecule has 1 heterocycles. The monoisotopic (exact) mass is 367 g/mol. The minimum absolute atomic E-state index is 0.0350. The Hall–Kier alpha value is -3.10. The first-order valence-corrected chi connectivity index (χ1v) is 7.56. The molecule has 0 saturated carbocycles. The number of halogens is 4. The van der Waals surface area contributed by atoms with Crippen LogP contribution in [0.3, 0.4) is 0 Å². The van der Waals surface area contributed by atoms with Crippen molar-refractivity contribution in [1.82, 2.24) is 5.43 Å². The fourth-order valence-corrected chi connectivity index (χ4v) is 2.67. The summed E-state index contributed by atoms with van der Waals surface area (Å²) in [6.45, 7) is 0. The number of anilines is 2. The Morgan fingerprint density at radius 2 is 1.92 bits per heavy atom. The van der Waals surface area contributed by atoms with Crippen LogP contribution in [-0.2, 0) is 15.8 Å². The fourth-order valence-electron chi connectivity index (χ4n) is 2.67. The molecule has 0 radical (unpaired) electrons. The number of fused-ring (bicyclic) bond motifs is 1. The van der Waals surface area contributed by atoms with E-state index in [0.29, 0.717) is 5.56 Å². The van der Waals surface area contributed by atoms with Gasteiger partial charge in [-0.05, 0) is 35.9 Å². The molecule has 1 atom stereocenters. The van der Waals surface area contributed by atoms with Crippen LogP contribution < -0.4 is 16.2 Å². The van der Waals surface area contributed by atoms with E-state index in [9.17, 15) is 27.2 Å². The number of hydrogen-bond donors (Lipinski definition) is 3. The number of rotatable bonds is 3. The van der Waals surface area contributed by atoms with E-state index in [2.05, 4.69) is 16.2 Å². The quantitative estimate of drug-likeness (QED) is 0.575. The molecule has 5 nitrogen and oxygen atoms in total. The van der Waals surface area contributed by atoms with Crippen LogP contribution in [0, 0.1) is 5.82 Å². The first-order valence-electron chi connectivity index (χ1n) is 7.56. The number of amides is 2. The molecule has 3 rings (SSSR count). The summed E-state index contributed by atoms with van der Waals surface area (Å²) in [6, 6.07) is 7.96. The number of carbonyl (C=O) groups is 2. The van der Waals surface area contributed by atoms with Gasteiger partial charge in [-0.15, -0.1) is 0 Å². The van der Waals surface area contributed by atoms with Gasteiger partial charge in [0.15, 0.2) is 0 Å². The lowest BCUT2D eigenvalue weighted by Crippen LogP contribution is -2.38. The molecule has 9 heteroatoms. The zero-order valence-corrected chi connectivity index (χ0v) is 13.2. The summed E-state index contributed by atoms with van der Waals surface area (Å²) in [7, 11) is 0. The van der Waals surface area contributed by atoms with Gasteiger partial charge >= 0.3 is 6.18 Å². The summed E-state index contributed by atoms with van der Waals surface area (Å²) in [5.41, 5.74) is 4.49. The molecule has 2 amide bonds. The molecule has 0 aromatic heterocycles. The lowest BCUT2D eigenvalue weighted by molar-refractivity contribution is -0.137. The first kappa shape index (κ1) is 17.7. The van der Waals surface area contributed by atoms with Gasteiger partial charge in [0.2, 0.25) is 11.8 Å². The molecule has 2 aromatic carbocycles. The summed E-state index contributed by atoms with van der Waals surface area (Å²) in [6.07, 6.45) is -4.67. The van der Waals surface area contributed by atoms with Crippen molar-refractivity contribution < 1.29 is 27.2 Å². The van der Waals surface area contributed by atoms with Gasteiger partial charge in [0, 0.05) is 12.1 Å². The molecule has 26 heavy (non-hydrogen) atoms. The third kappa shape index (κ3) is 3.76. The number of alkyl halides is 3. The Morgan fingerprint density at radius 3 is 2.65 bits per heavy atom. The maximum absolute atomic E-state index is 13.3. The van der Waals surface area contributed by atoms with Gasteiger partial charge in [-0.1, -0.05) is 12.1 Å². The van der Waals surface area contributed by atoms with Crippen LogP contribution in [-0.4, -0.2) is 11.8 Å². The summed E-state index contributed by atoms with van der Waals surface area (Å²) in [4.78, 5) is 24.1. The Morgan fingerprint density at radius 1 is 1.15 bits per heavy atom. The highest BCUT2D eigenvalue weighted by molar-refractivity contribution is 6.01. The van der Waals surface area contributed by atoms with Gasteiger partial charge in [0.05, 0.1) is 17.2 Å². The Kier molecular flexibility index (Phi) is 4.54. The van der Waals surface area contributed by atoms with Gasteiger partial charge < -0.3 is 5.32 Å². The third-order valence-electron chi connectivity index (χ3n) is 3.89. The van der Waals surface area contributed by atoms with E-state index >= 15 is 0 Å². The summed E-state index contributed by atoms with van der Waals surface area (Å²) in [5, 5.41) is 2.48. The number of nitrogens with one attached hydrogen (secondary N) is 3. The fraction of sp³-hybridized carbons (Fsp3) is 0.176. The van der Waals surface area contributed by atoms with Gasteiger partial charge in [-0.2, -0.15) is 13.2 Å². The smallest absolute Gasteiger partial charge is 0.326 e. The molecule has 0 saturated heterocycles. The zero-order chi connectivity index (χ0) is 18.9. The minimum Gasteiger partial charge on any atom is -0.326 e. The molecule has 1 aliphatic heterocycles. The predicted molar refractivity (Wildman–Crippen MR) is 85.6 cm³/mol. The van der Waals surface area contributed by atoms with Crippen molar-refractivity contribution in [3.63, 3.8) is 0 Å². The number of hydrazine groups is 1. The van der Waals surface area contributed by atoms with Crippen LogP contribution in [0.25, 0.3) is 0 Å². The summed E-state index contributed by atoms with van der Waals surface area (Å²) in [5.74, 6) is -2.53. The second kappa shape index (κ2) is 6.66. The number of carbonyl (C=O) groups excluding carboxylic acids is 2. The van der Waals surface area contributed by atoms with E-state index < -0.39 is 35.3 Å². The van der Waals surface area contributed by atoms with Crippen molar-refractivity contribution in [2.24, 2.45) is 0 Å². The van der Waals surface area contributed by atoms with E-state index in [0.717, 1.165) is 24.3 Å². The molecule has 1 aliphatic rings. The second-order valence-electron chi connectivity index (χ2n) is 5.73. The summed E-state index contributed by atoms with van der Waals surface area (Å²) >= 11 is 0. The Bertz CT molecular complexity index is 867. The third-order valence-corrected chi connectivity index (χ3v) is 3.89. The van der Waals surface area contributed by atoms with Crippen molar-refractivity contribution in [1.29, 1.82) is 0 Å². The molecule has 1 unspecified atom stereocenters. The van der Waals surface area contributed by atoms with Crippen LogP contribution in [0.4, 0.5) is 28.9 Å². The average Bonchev–Trinajstić information content (AvgIpc) is 2.58. The topological polar surface area (TPSA) is 70.2 Å². The van der Waals surface area contributed by atoms with Crippen LogP contribution in [0.5, 0.6) is 0 Å². The van der Waals surface area contributed by atoms with Crippen LogP contribution in [0.1, 0.15) is 23.5 Å². The van der Waals surface area contributed by atoms with E-state index in [1.165, 1.54) is 18.2 Å². The summed E-state index contributed by atoms with van der Waals surface area (Å²) < 4.78 is 51.4. The number of hydrogen-bond acceptors (Lipinski definition) is 3. The highest BCUT2D eigenvalue weighted by Crippen LogP contribution is 2.33. The van der Waals surface area contributed by atoms with E-state index in [-0.39, 0.29) is 17.8 Å². The standard InChI is InChI=1S/C17H13F4N3O2/c18-10-4-5-12-13(8-15(25)22-14(12)7-10)16(26)24-23-11-3-1-2-9(6-11)17(19,20)21/h1-7,13,23H,8H2,(H,22,25)(H,24,26). The molecule has 0 aliphatic carbocycles. The maximum atomic E-state index is 13.3. The predicted octanol–water partition coefficient (Wildman–Crippen LogP) is 3.41. The maximum Gasteiger partial charge on any atom is 0.416 e. The van der Waals surface area contributed by atoms with Crippen molar-refractivity contribution in [3.8, 4) is 0 Å². The van der Waals surface area contributed by atoms with Gasteiger partial charge in [0.25, 0.3) is 0 Å². The molecule has 136 valence electrons. The molecule has 0 fully saturated rings. The van der Waals surface area contributed by atoms with E-state index in [1.807, 2.05) is 0 Å². The highest BCUT2D eigenvalue weighted by atomic mass is 19.4. The molecule has 2 aromatic rings. The van der Waals surface area contributed by atoms with Crippen LogP contribution in [0.15, 0.2) is 42.5 Å². The zero-order valence-electron chi connectivity index (χ0n) is 13.2. The Balaban J connectivity index is 1.74. The first-order chi connectivity index (χ1) is 12.2. The van der Waals surface area contributed by atoms with Gasteiger partial charge in [-0.3, -0.25) is 20.4 Å². The van der Waals surface area contributed by atoms with E-state index in [1.54, 1.807) is 0 Å². The molecule has 3 N–H and O–H groups in total. The van der Waals surface area contributed by atoms with Crippen LogP contribution in [0.2, 0.25) is 0 Å². The largest absolute Gasteiger partial charge is 0.416 e. The van der Waals surface area contributed by atoms with Gasteiger partial charge in [0.1, 0.15) is 5.82 Å². The highest BCUT2D eigenvalue weighted by Gasteiger charge is 2.32.